The van der Waals surface area contributed by atoms with Crippen LogP contribution in [0.25, 0.3) is 0 Å². The lowest BCUT2D eigenvalue weighted by Gasteiger charge is -2.14. The fourth-order valence-corrected chi connectivity index (χ4v) is 1.89. The predicted octanol–water partition coefficient (Wildman–Crippen LogP) is 1.92. The number of hydrogen-bond donors (Lipinski definition) is 1. The van der Waals surface area contributed by atoms with E-state index in [1.165, 1.54) is 12.2 Å². The zero-order valence-electron chi connectivity index (χ0n) is 7.35. The van der Waals surface area contributed by atoms with Gasteiger partial charge in [-0.3, -0.25) is 4.79 Å². The van der Waals surface area contributed by atoms with Crippen LogP contribution in [0.15, 0.2) is 36.4 Å². The van der Waals surface area contributed by atoms with E-state index in [0.717, 1.165) is 0 Å². The molecule has 0 aliphatic heterocycles. The number of carbonyl (C=O) groups excluding carboxylic acids is 1. The van der Waals surface area contributed by atoms with E-state index in [2.05, 4.69) is 0 Å². The van der Waals surface area contributed by atoms with Crippen molar-refractivity contribution < 1.29 is 9.90 Å². The molecule has 0 saturated carbocycles. The Morgan fingerprint density at radius 1 is 1.29 bits per heavy atom. The monoisotopic (exact) mass is 208 g/mol. The largest absolute Gasteiger partial charge is 0.388 e. The second kappa shape index (κ2) is 3.56. The Morgan fingerprint density at radius 2 is 2.00 bits per heavy atom. The lowest BCUT2D eigenvalue weighted by molar-refractivity contribution is -0.116. The molecule has 0 aromatic heterocycles. The smallest absolute Gasteiger partial charge is 0.165 e. The molecule has 1 aliphatic carbocycles. The second-order valence-electron chi connectivity index (χ2n) is 3.25. The van der Waals surface area contributed by atoms with E-state index in [4.69, 9.17) is 11.6 Å². The molecule has 1 unspecified atom stereocenters. The molecule has 2 rings (SSSR count). The normalized spacial score (nSPS) is 25.7. The van der Waals surface area contributed by atoms with Gasteiger partial charge in [0, 0.05) is 5.02 Å². The molecular formula is C11H9ClO2. The first kappa shape index (κ1) is 9.44. The number of hydrogen-bond acceptors (Lipinski definition) is 2. The Kier molecular flexibility index (Phi) is 2.40. The fourth-order valence-electron chi connectivity index (χ4n) is 1.64. The van der Waals surface area contributed by atoms with Gasteiger partial charge in [0.1, 0.15) is 0 Å². The van der Waals surface area contributed by atoms with Gasteiger partial charge in [0.15, 0.2) is 5.78 Å². The second-order valence-corrected chi connectivity index (χ2v) is 3.66. The third-order valence-corrected chi connectivity index (χ3v) is 2.69. The van der Waals surface area contributed by atoms with Gasteiger partial charge in [-0.15, -0.1) is 0 Å². The summed E-state index contributed by atoms with van der Waals surface area (Å²) in [6.45, 7) is 0. The maximum atomic E-state index is 11.4. The van der Waals surface area contributed by atoms with Crippen LogP contribution in [0.4, 0.5) is 0 Å². The van der Waals surface area contributed by atoms with Gasteiger partial charge in [-0.25, -0.2) is 0 Å². The van der Waals surface area contributed by atoms with Crippen LogP contribution in [0.2, 0.25) is 5.02 Å². The average Bonchev–Trinajstić information content (AvgIpc) is 2.48. The number of aliphatic hydroxyl groups is 1. The van der Waals surface area contributed by atoms with Gasteiger partial charge >= 0.3 is 0 Å². The van der Waals surface area contributed by atoms with Crippen molar-refractivity contribution >= 4 is 17.4 Å². The SMILES string of the molecule is O=C1C=C[C@H](O)C1c1ccccc1Cl. The van der Waals surface area contributed by atoms with Gasteiger partial charge in [0.25, 0.3) is 0 Å². The van der Waals surface area contributed by atoms with Crippen molar-refractivity contribution in [3.05, 3.63) is 47.0 Å². The van der Waals surface area contributed by atoms with Gasteiger partial charge in [0.2, 0.25) is 0 Å². The van der Waals surface area contributed by atoms with Crippen molar-refractivity contribution in [2.45, 2.75) is 12.0 Å². The Bertz CT molecular complexity index is 398. The number of benzene rings is 1. The molecule has 1 aliphatic rings. The van der Waals surface area contributed by atoms with E-state index in [0.29, 0.717) is 10.6 Å². The van der Waals surface area contributed by atoms with E-state index < -0.39 is 12.0 Å². The maximum Gasteiger partial charge on any atom is 0.165 e. The first-order valence-electron chi connectivity index (χ1n) is 4.34. The average molecular weight is 209 g/mol. The Balaban J connectivity index is 2.41. The molecule has 0 spiro atoms. The summed E-state index contributed by atoms with van der Waals surface area (Å²) < 4.78 is 0. The van der Waals surface area contributed by atoms with E-state index >= 15 is 0 Å². The van der Waals surface area contributed by atoms with Crippen molar-refractivity contribution in [1.29, 1.82) is 0 Å². The summed E-state index contributed by atoms with van der Waals surface area (Å²) in [6.07, 6.45) is 2.15. The highest BCUT2D eigenvalue weighted by Crippen LogP contribution is 2.31. The zero-order valence-corrected chi connectivity index (χ0v) is 8.11. The Labute approximate surface area is 86.8 Å². The molecule has 0 fully saturated rings. The molecule has 0 amide bonds. The van der Waals surface area contributed by atoms with E-state index in [1.54, 1.807) is 24.3 Å². The van der Waals surface area contributed by atoms with Crippen LogP contribution in [0, 0.1) is 0 Å². The van der Waals surface area contributed by atoms with Crippen LogP contribution in [0.5, 0.6) is 0 Å². The van der Waals surface area contributed by atoms with Gasteiger partial charge in [-0.05, 0) is 17.7 Å². The molecule has 0 radical (unpaired) electrons. The van der Waals surface area contributed by atoms with Crippen LogP contribution in [0.1, 0.15) is 11.5 Å². The first-order valence-corrected chi connectivity index (χ1v) is 4.72. The summed E-state index contributed by atoms with van der Waals surface area (Å²) in [7, 11) is 0. The molecule has 72 valence electrons. The van der Waals surface area contributed by atoms with Crippen LogP contribution in [-0.2, 0) is 4.79 Å². The van der Waals surface area contributed by atoms with E-state index in [1.807, 2.05) is 0 Å². The number of carbonyl (C=O) groups is 1. The highest BCUT2D eigenvalue weighted by Gasteiger charge is 2.31. The minimum Gasteiger partial charge on any atom is -0.388 e. The fraction of sp³-hybridized carbons (Fsp3) is 0.182. The molecule has 2 atom stereocenters. The maximum absolute atomic E-state index is 11.4. The van der Waals surface area contributed by atoms with E-state index in [-0.39, 0.29) is 5.78 Å². The van der Waals surface area contributed by atoms with Gasteiger partial charge in [-0.1, -0.05) is 35.9 Å². The third-order valence-electron chi connectivity index (χ3n) is 2.35. The van der Waals surface area contributed by atoms with Crippen molar-refractivity contribution in [3.63, 3.8) is 0 Å². The van der Waals surface area contributed by atoms with Crippen LogP contribution in [0.3, 0.4) is 0 Å². The van der Waals surface area contributed by atoms with Crippen molar-refractivity contribution in [2.75, 3.05) is 0 Å². The van der Waals surface area contributed by atoms with Crippen LogP contribution >= 0.6 is 11.6 Å². The lowest BCUT2D eigenvalue weighted by atomic mass is 9.94. The molecule has 3 heteroatoms. The number of rotatable bonds is 1. The number of ketones is 1. The summed E-state index contributed by atoms with van der Waals surface area (Å²) >= 11 is 5.94. The van der Waals surface area contributed by atoms with Crippen LogP contribution < -0.4 is 0 Å². The molecule has 2 nitrogen and oxygen atoms in total. The molecule has 0 heterocycles. The molecular weight excluding hydrogens is 200 g/mol. The van der Waals surface area contributed by atoms with Gasteiger partial charge in [0.05, 0.1) is 12.0 Å². The molecule has 1 aromatic carbocycles. The van der Waals surface area contributed by atoms with Crippen molar-refractivity contribution in [1.82, 2.24) is 0 Å². The first-order chi connectivity index (χ1) is 6.70. The van der Waals surface area contributed by atoms with Crippen molar-refractivity contribution in [2.24, 2.45) is 0 Å². The van der Waals surface area contributed by atoms with Crippen LogP contribution in [-0.4, -0.2) is 17.0 Å². The number of allylic oxidation sites excluding steroid dienone is 1. The summed E-state index contributed by atoms with van der Waals surface area (Å²) in [5.41, 5.74) is 0.691. The highest BCUT2D eigenvalue weighted by atomic mass is 35.5. The minimum atomic E-state index is -0.748. The summed E-state index contributed by atoms with van der Waals surface area (Å²) in [5, 5.41) is 10.1. The molecule has 1 aromatic rings. The standard InChI is InChI=1S/C11H9ClO2/c12-8-4-2-1-3-7(8)11-9(13)5-6-10(11)14/h1-6,9,11,13H/t9-,11?/m0/s1. The minimum absolute atomic E-state index is 0.0920. The number of aliphatic hydroxyl groups excluding tert-OH is 1. The summed E-state index contributed by atoms with van der Waals surface area (Å²) in [6, 6.07) is 7.08. The molecule has 14 heavy (non-hydrogen) atoms. The van der Waals surface area contributed by atoms with Gasteiger partial charge in [-0.2, -0.15) is 0 Å². The lowest BCUT2D eigenvalue weighted by Crippen LogP contribution is -2.17. The zero-order chi connectivity index (χ0) is 10.1. The highest BCUT2D eigenvalue weighted by molar-refractivity contribution is 6.31. The number of halogens is 1. The quantitative estimate of drug-likeness (QED) is 0.766. The van der Waals surface area contributed by atoms with Gasteiger partial charge < -0.3 is 5.11 Å². The summed E-state index contributed by atoms with van der Waals surface area (Å²) in [5.74, 6) is -0.616. The van der Waals surface area contributed by atoms with Crippen molar-refractivity contribution in [3.8, 4) is 0 Å². The Hall–Kier alpha value is -1.12. The molecule has 0 saturated heterocycles. The third kappa shape index (κ3) is 1.47. The topological polar surface area (TPSA) is 37.3 Å². The predicted molar refractivity (Wildman–Crippen MR) is 54.3 cm³/mol. The molecule has 0 bridgehead atoms. The van der Waals surface area contributed by atoms with E-state index in [9.17, 15) is 9.90 Å². The molecule has 1 N–H and O–H groups in total. The summed E-state index contributed by atoms with van der Waals surface area (Å²) in [4.78, 5) is 11.4. The Morgan fingerprint density at radius 3 is 2.57 bits per heavy atom.